The highest BCUT2D eigenvalue weighted by Crippen LogP contribution is 2.44. The Balaban J connectivity index is 1.23. The van der Waals surface area contributed by atoms with Crippen molar-refractivity contribution in [1.29, 1.82) is 0 Å². The Bertz CT molecular complexity index is 2910. The van der Waals surface area contributed by atoms with Gasteiger partial charge in [-0.25, -0.2) is 4.79 Å². The molecular formula is C61H78N6O12. The lowest BCUT2D eigenvalue weighted by molar-refractivity contribution is -0.385. The highest BCUT2D eigenvalue weighted by Gasteiger charge is 2.53. The minimum atomic E-state index is -1.53. The van der Waals surface area contributed by atoms with Gasteiger partial charge in [0, 0.05) is 48.5 Å². The first-order valence-electron chi connectivity index (χ1n) is 28.1. The molecule has 5 aromatic carbocycles. The van der Waals surface area contributed by atoms with E-state index < -0.39 is 51.4 Å². The SMILES string of the molecule is CCCCCCCCCCCCOc1ccc(C)cc1NC(=O)c1cc(Oc2ccc([N+](=O)[O-])cc2N(C)C(=O)N2C(=O)C(C)(COC(=O)CCCCCCCCCCC)CN2c2cccc([N+](=O)[O-])c2)c2ccccc2c1O. The summed E-state index contributed by atoms with van der Waals surface area (Å²) in [5.74, 6) is -1.98. The van der Waals surface area contributed by atoms with Crippen molar-refractivity contribution in [2.24, 2.45) is 5.41 Å². The van der Waals surface area contributed by atoms with Gasteiger partial charge in [0.25, 0.3) is 23.2 Å². The number of esters is 1. The van der Waals surface area contributed by atoms with Crippen molar-refractivity contribution in [2.75, 3.05) is 42.0 Å². The summed E-state index contributed by atoms with van der Waals surface area (Å²) in [6, 6.07) is 21.2. The van der Waals surface area contributed by atoms with Crippen LogP contribution in [-0.4, -0.2) is 70.6 Å². The molecule has 0 aliphatic carbocycles. The van der Waals surface area contributed by atoms with Crippen molar-refractivity contribution in [3.05, 3.63) is 122 Å². The Hall–Kier alpha value is -7.76. The van der Waals surface area contributed by atoms with Gasteiger partial charge in [0.2, 0.25) is 0 Å². The third kappa shape index (κ3) is 16.6. The first kappa shape index (κ1) is 60.5. The van der Waals surface area contributed by atoms with E-state index >= 15 is 0 Å². The summed E-state index contributed by atoms with van der Waals surface area (Å²) in [6.45, 7) is 7.60. The Morgan fingerprint density at radius 2 is 1.28 bits per heavy atom. The second-order valence-corrected chi connectivity index (χ2v) is 20.9. The predicted molar refractivity (Wildman–Crippen MR) is 307 cm³/mol. The average Bonchev–Trinajstić information content (AvgIpc) is 3.78. The third-order valence-corrected chi connectivity index (χ3v) is 14.4. The molecule has 5 aromatic rings. The van der Waals surface area contributed by atoms with Crippen LogP contribution in [0.3, 0.4) is 0 Å². The number of hydrogen-bond acceptors (Lipinski definition) is 13. The average molecular weight is 1090 g/mol. The monoisotopic (exact) mass is 1090 g/mol. The number of nitrogens with one attached hydrogen (secondary N) is 1. The smallest absolute Gasteiger partial charge is 0.350 e. The molecule has 0 bridgehead atoms. The number of imide groups is 1. The molecule has 1 heterocycles. The van der Waals surface area contributed by atoms with E-state index in [1.54, 1.807) is 36.4 Å². The van der Waals surface area contributed by atoms with E-state index in [1.165, 1.54) is 132 Å². The molecule has 6 rings (SSSR count). The molecule has 424 valence electrons. The number of carbonyl (C=O) groups is 4. The first-order chi connectivity index (χ1) is 38.1. The van der Waals surface area contributed by atoms with Crippen molar-refractivity contribution in [3.8, 4) is 23.0 Å². The molecule has 1 fully saturated rings. The van der Waals surface area contributed by atoms with Gasteiger partial charge in [-0.1, -0.05) is 159 Å². The van der Waals surface area contributed by atoms with Crippen molar-refractivity contribution in [1.82, 2.24) is 5.01 Å². The number of hydrogen-bond donors (Lipinski definition) is 2. The van der Waals surface area contributed by atoms with E-state index in [4.69, 9.17) is 14.2 Å². The fraction of sp³-hybridized carbons (Fsp3) is 0.475. The molecule has 18 heteroatoms. The summed E-state index contributed by atoms with van der Waals surface area (Å²) in [5, 5.41) is 41.5. The fourth-order valence-electron chi connectivity index (χ4n) is 9.74. The van der Waals surface area contributed by atoms with Gasteiger partial charge < -0.3 is 24.6 Å². The largest absolute Gasteiger partial charge is 0.506 e. The minimum Gasteiger partial charge on any atom is -0.506 e. The van der Waals surface area contributed by atoms with Crippen LogP contribution in [0, 0.1) is 32.6 Å². The number of anilines is 3. The van der Waals surface area contributed by atoms with E-state index in [-0.39, 0.29) is 58.2 Å². The van der Waals surface area contributed by atoms with Gasteiger partial charge in [-0.3, -0.25) is 44.5 Å². The first-order valence-corrected chi connectivity index (χ1v) is 28.1. The van der Waals surface area contributed by atoms with Gasteiger partial charge in [-0.2, -0.15) is 5.01 Å². The van der Waals surface area contributed by atoms with Crippen LogP contribution in [-0.2, 0) is 14.3 Å². The molecule has 1 atom stereocenters. The van der Waals surface area contributed by atoms with Gasteiger partial charge in [-0.05, 0) is 62.6 Å². The summed E-state index contributed by atoms with van der Waals surface area (Å²) in [5.41, 5.74) is -1.29. The number of nitro benzene ring substituents is 2. The maximum Gasteiger partial charge on any atom is 0.350 e. The van der Waals surface area contributed by atoms with Crippen molar-refractivity contribution >= 4 is 63.0 Å². The number of nitro groups is 2. The molecule has 0 radical (unpaired) electrons. The molecular weight excluding hydrogens is 1010 g/mol. The van der Waals surface area contributed by atoms with E-state index in [2.05, 4.69) is 19.2 Å². The number of benzene rings is 5. The summed E-state index contributed by atoms with van der Waals surface area (Å²) in [7, 11) is 1.28. The number of phenols is 1. The minimum absolute atomic E-state index is 0.0310. The Kier molecular flexibility index (Phi) is 22.8. The van der Waals surface area contributed by atoms with Crippen LogP contribution in [0.15, 0.2) is 91.0 Å². The zero-order valence-electron chi connectivity index (χ0n) is 46.6. The van der Waals surface area contributed by atoms with Crippen molar-refractivity contribution < 1.29 is 48.3 Å². The number of amides is 4. The van der Waals surface area contributed by atoms with Crippen LogP contribution in [0.4, 0.5) is 33.2 Å². The van der Waals surface area contributed by atoms with E-state index in [1.807, 2.05) is 13.0 Å². The van der Waals surface area contributed by atoms with Crippen LogP contribution in [0.5, 0.6) is 23.0 Å². The molecule has 1 saturated heterocycles. The number of nitrogens with zero attached hydrogens (tertiary/aromatic N) is 5. The van der Waals surface area contributed by atoms with Crippen LogP contribution >= 0.6 is 0 Å². The molecule has 0 spiro atoms. The lowest BCUT2D eigenvalue weighted by Crippen LogP contribution is -2.50. The molecule has 0 saturated carbocycles. The number of phenolic OH excluding ortho intramolecular Hbond substituents is 1. The number of aryl methyl sites for hydroxylation is 1. The molecule has 79 heavy (non-hydrogen) atoms. The van der Waals surface area contributed by atoms with Gasteiger partial charge in [0.1, 0.15) is 29.3 Å². The highest BCUT2D eigenvalue weighted by atomic mass is 16.6. The van der Waals surface area contributed by atoms with Crippen molar-refractivity contribution in [2.45, 2.75) is 156 Å². The predicted octanol–water partition coefficient (Wildman–Crippen LogP) is 15.3. The fourth-order valence-corrected chi connectivity index (χ4v) is 9.74. The molecule has 1 aliphatic rings. The zero-order chi connectivity index (χ0) is 56.9. The lowest BCUT2D eigenvalue weighted by Gasteiger charge is -2.31. The summed E-state index contributed by atoms with van der Waals surface area (Å²) < 4.78 is 18.4. The Morgan fingerprint density at radius 1 is 0.696 bits per heavy atom. The van der Waals surface area contributed by atoms with Crippen LogP contribution in [0.1, 0.15) is 165 Å². The molecule has 1 unspecified atom stereocenters. The van der Waals surface area contributed by atoms with Gasteiger partial charge in [0.05, 0.1) is 45.6 Å². The second-order valence-electron chi connectivity index (χ2n) is 20.9. The number of urea groups is 1. The number of unbranched alkanes of at least 4 members (excludes halogenated alkanes) is 17. The number of fused-ring (bicyclic) bond motifs is 1. The molecule has 1 aliphatic heterocycles. The van der Waals surface area contributed by atoms with Crippen LogP contribution in [0.2, 0.25) is 0 Å². The third-order valence-electron chi connectivity index (χ3n) is 14.4. The maximum atomic E-state index is 15.0. The Labute approximate surface area is 463 Å². The van der Waals surface area contributed by atoms with Crippen LogP contribution in [0.25, 0.3) is 10.8 Å². The lowest BCUT2D eigenvalue weighted by atomic mass is 9.92. The summed E-state index contributed by atoms with van der Waals surface area (Å²) in [6.07, 6.45) is 21.4. The second kappa shape index (κ2) is 29.8. The number of ether oxygens (including phenoxy) is 3. The topological polar surface area (TPSA) is 224 Å². The number of non-ortho nitro benzene ring substituents is 2. The molecule has 18 nitrogen and oxygen atoms in total. The standard InChI is InChI=1S/C61H78N6O12/c1-6-8-10-12-14-16-18-20-22-26-37-77-53-35-33-44(3)38-51(53)62-58(70)50-41-55(48-30-24-25-31-49(48)57(50)69)79-54-36-34-47(67(75)76)40-52(54)63(5)60(72)65-59(71)61(4,42-64(65)45-28-27-29-46(39-45)66(73)74)43-78-56(68)32-23-21-19-17-15-13-11-9-7-2/h24-25,27-31,33-36,38-41,69H,6-23,26,32,37,42-43H2,1-5H3,(H,62,70). The zero-order valence-corrected chi connectivity index (χ0v) is 46.6. The van der Waals surface area contributed by atoms with E-state index in [0.717, 1.165) is 66.5 Å². The number of carbonyl (C=O) groups excluding carboxylic acids is 4. The summed E-state index contributed by atoms with van der Waals surface area (Å²) >= 11 is 0. The van der Waals surface area contributed by atoms with E-state index in [9.17, 15) is 44.5 Å². The van der Waals surface area contributed by atoms with Gasteiger partial charge >= 0.3 is 12.0 Å². The van der Waals surface area contributed by atoms with Crippen molar-refractivity contribution in [3.63, 3.8) is 0 Å². The maximum absolute atomic E-state index is 15.0. The number of aromatic hydroxyl groups is 1. The highest BCUT2D eigenvalue weighted by molar-refractivity contribution is 6.12. The molecule has 0 aromatic heterocycles. The summed E-state index contributed by atoms with van der Waals surface area (Å²) in [4.78, 5) is 81.0. The van der Waals surface area contributed by atoms with Crippen LogP contribution < -0.4 is 24.7 Å². The molecule has 2 N–H and O–H groups in total. The van der Waals surface area contributed by atoms with E-state index in [0.29, 0.717) is 29.9 Å². The molecule has 4 amide bonds. The number of hydrazine groups is 1. The number of rotatable bonds is 32. The Morgan fingerprint density at radius 3 is 1.91 bits per heavy atom. The quantitative estimate of drug-likeness (QED) is 0.0177. The van der Waals surface area contributed by atoms with Gasteiger partial charge in [0.15, 0.2) is 5.75 Å². The van der Waals surface area contributed by atoms with Gasteiger partial charge in [-0.15, -0.1) is 0 Å². The normalized spacial score (nSPS) is 14.1.